The van der Waals surface area contributed by atoms with Gasteiger partial charge >= 0.3 is 21.6 Å². The molecule has 2 fully saturated rings. The number of nitrogens with zero attached hydrogens (tertiary/aromatic N) is 1. The number of benzene rings is 5. The third kappa shape index (κ3) is 9.78. The van der Waals surface area contributed by atoms with E-state index in [2.05, 4.69) is 4.18 Å². The van der Waals surface area contributed by atoms with Crippen molar-refractivity contribution < 1.29 is 63.8 Å². The van der Waals surface area contributed by atoms with E-state index in [4.69, 9.17) is 18.9 Å². The normalized spacial score (nSPS) is 19.0. The topological polar surface area (TPSA) is 138 Å². The maximum absolute atomic E-state index is 14.2. The monoisotopic (exact) mass is 877 g/mol. The zero-order valence-electron chi connectivity index (χ0n) is 33.8. The largest absolute Gasteiger partial charge is 0.534 e. The first-order chi connectivity index (χ1) is 29.3. The second-order valence-electron chi connectivity index (χ2n) is 15.6. The number of rotatable bonds is 14. The van der Waals surface area contributed by atoms with E-state index < -0.39 is 62.6 Å². The number of carbonyl (C=O) groups is 2. The zero-order valence-corrected chi connectivity index (χ0v) is 34.6. The number of aliphatic hydroxyl groups is 1. The fourth-order valence-electron chi connectivity index (χ4n) is 7.44. The van der Waals surface area contributed by atoms with Crippen molar-refractivity contribution in [1.29, 1.82) is 0 Å². The summed E-state index contributed by atoms with van der Waals surface area (Å²) in [5, 5.41) is 11.3. The number of hydrogen-bond acceptors (Lipinski definition) is 10. The standard InChI is InChI=1S/C46H43F4NO10S/c1-29(52)60-40(32-11-16-35(47)17-12-32)24-23-39-42(51(43(39)53)36-18-20-37(21-19-36)61-62(55,56)46(48,49)50)38-22-13-33(25-41(38)57-26-30-7-5-4-6-8-30)31-9-14-34(15-10-31)45(54)27-58-44(2,3)59-28-45/h4-22,25,39-40,42,54H,23-24,26-28H2,1-3H3/t39-,40?,42-/m1/s1. The van der Waals surface area contributed by atoms with Gasteiger partial charge in [0.25, 0.3) is 0 Å². The minimum atomic E-state index is -5.95. The minimum absolute atomic E-state index is 0.0389. The summed E-state index contributed by atoms with van der Waals surface area (Å²) in [4.78, 5) is 27.8. The number of halogens is 4. The Bertz CT molecular complexity index is 2490. The molecule has 0 aromatic heterocycles. The Kier molecular flexibility index (Phi) is 12.5. The first-order valence-electron chi connectivity index (χ1n) is 19.6. The lowest BCUT2D eigenvalue weighted by Crippen LogP contribution is -2.55. The van der Waals surface area contributed by atoms with Crippen LogP contribution in [0.15, 0.2) is 121 Å². The highest BCUT2D eigenvalue weighted by atomic mass is 32.2. The van der Waals surface area contributed by atoms with Crippen molar-refractivity contribution in [3.05, 3.63) is 149 Å². The van der Waals surface area contributed by atoms with Crippen molar-refractivity contribution >= 4 is 27.7 Å². The molecule has 0 aliphatic carbocycles. The highest BCUT2D eigenvalue weighted by Gasteiger charge is 2.51. The van der Waals surface area contributed by atoms with Crippen LogP contribution in [0.4, 0.5) is 23.2 Å². The van der Waals surface area contributed by atoms with Crippen LogP contribution >= 0.6 is 0 Å². The van der Waals surface area contributed by atoms with Gasteiger partial charge in [-0.15, -0.1) is 0 Å². The number of amides is 1. The lowest BCUT2D eigenvalue weighted by molar-refractivity contribution is -0.305. The Balaban J connectivity index is 1.25. The van der Waals surface area contributed by atoms with Crippen molar-refractivity contribution in [2.45, 2.75) is 69.3 Å². The van der Waals surface area contributed by atoms with Gasteiger partial charge in [0.1, 0.15) is 35.6 Å². The van der Waals surface area contributed by atoms with Crippen LogP contribution in [0.1, 0.15) is 68.0 Å². The number of anilines is 1. The Labute approximate surface area is 355 Å². The molecule has 7 rings (SSSR count). The minimum Gasteiger partial charge on any atom is -0.489 e. The second-order valence-corrected chi connectivity index (χ2v) is 17.1. The van der Waals surface area contributed by atoms with Gasteiger partial charge in [-0.1, -0.05) is 78.9 Å². The quantitative estimate of drug-likeness (QED) is 0.0378. The molecule has 2 heterocycles. The Morgan fingerprint density at radius 1 is 0.887 bits per heavy atom. The van der Waals surface area contributed by atoms with Gasteiger partial charge in [-0.3, -0.25) is 9.59 Å². The van der Waals surface area contributed by atoms with Gasteiger partial charge < -0.3 is 33.1 Å². The molecule has 11 nitrogen and oxygen atoms in total. The maximum Gasteiger partial charge on any atom is 0.534 e. The van der Waals surface area contributed by atoms with Crippen LogP contribution in [0.2, 0.25) is 0 Å². The molecule has 3 atom stereocenters. The molecule has 16 heteroatoms. The summed E-state index contributed by atoms with van der Waals surface area (Å²) in [6, 6.07) is 31.5. The van der Waals surface area contributed by atoms with Crippen LogP contribution in [0, 0.1) is 11.7 Å². The molecule has 0 bridgehead atoms. The van der Waals surface area contributed by atoms with E-state index in [0.717, 1.165) is 28.8 Å². The van der Waals surface area contributed by atoms with Crippen LogP contribution in [-0.4, -0.2) is 49.9 Å². The summed E-state index contributed by atoms with van der Waals surface area (Å²) < 4.78 is 104. The van der Waals surface area contributed by atoms with Crippen LogP contribution < -0.4 is 13.8 Å². The summed E-state index contributed by atoms with van der Waals surface area (Å²) in [5.41, 5.74) is -2.73. The smallest absolute Gasteiger partial charge is 0.489 e. The van der Waals surface area contributed by atoms with Gasteiger partial charge in [0.05, 0.1) is 25.2 Å². The van der Waals surface area contributed by atoms with E-state index >= 15 is 0 Å². The fourth-order valence-corrected chi connectivity index (χ4v) is 7.90. The van der Waals surface area contributed by atoms with Crippen LogP contribution in [0.25, 0.3) is 11.1 Å². The van der Waals surface area contributed by atoms with Crippen LogP contribution in [0.3, 0.4) is 0 Å². The lowest BCUT2D eigenvalue weighted by Gasteiger charge is -2.48. The molecule has 2 aliphatic heterocycles. The molecule has 5 aromatic rings. The summed E-state index contributed by atoms with van der Waals surface area (Å²) in [7, 11) is -5.95. The van der Waals surface area contributed by atoms with Crippen LogP contribution in [-0.2, 0) is 46.1 Å². The van der Waals surface area contributed by atoms with Gasteiger partial charge in [-0.25, -0.2) is 4.39 Å². The molecule has 5 aromatic carbocycles. The van der Waals surface area contributed by atoms with E-state index in [1.807, 2.05) is 60.7 Å². The van der Waals surface area contributed by atoms with Gasteiger partial charge in [0.2, 0.25) is 5.91 Å². The van der Waals surface area contributed by atoms with Gasteiger partial charge in [-0.2, -0.15) is 21.6 Å². The van der Waals surface area contributed by atoms with E-state index in [9.17, 15) is 40.7 Å². The number of ether oxygens (including phenoxy) is 4. The molecule has 1 unspecified atom stereocenters. The Morgan fingerprint density at radius 2 is 1.52 bits per heavy atom. The molecule has 1 N–H and O–H groups in total. The van der Waals surface area contributed by atoms with Crippen molar-refractivity contribution in [3.63, 3.8) is 0 Å². The first kappa shape index (κ1) is 44.3. The SMILES string of the molecule is CC(=O)OC(CC[C@H]1C(=O)N(c2ccc(OS(=O)(=O)C(F)(F)F)cc2)[C@@H]1c1ccc(-c2ccc(C3(O)COC(C)(C)OC3)cc2)cc1OCc1ccccc1)c1ccc(F)cc1. The molecule has 0 radical (unpaired) electrons. The predicted molar refractivity (Wildman–Crippen MR) is 218 cm³/mol. The first-order valence-corrected chi connectivity index (χ1v) is 21.0. The van der Waals surface area contributed by atoms with Crippen molar-refractivity contribution in [2.75, 3.05) is 18.1 Å². The molecule has 0 saturated carbocycles. The summed E-state index contributed by atoms with van der Waals surface area (Å²) in [6.07, 6.45) is -0.480. The predicted octanol–water partition coefficient (Wildman–Crippen LogP) is 9.06. The van der Waals surface area contributed by atoms with E-state index in [-0.39, 0.29) is 44.3 Å². The van der Waals surface area contributed by atoms with Gasteiger partial charge in [0, 0.05) is 18.2 Å². The Hall–Kier alpha value is -5.81. The van der Waals surface area contributed by atoms with E-state index in [1.165, 1.54) is 48.2 Å². The lowest BCUT2D eigenvalue weighted by atomic mass is 9.77. The van der Waals surface area contributed by atoms with E-state index in [1.54, 1.807) is 26.0 Å². The number of alkyl halides is 3. The molecule has 326 valence electrons. The third-order valence-electron chi connectivity index (χ3n) is 10.8. The number of carbonyl (C=O) groups excluding carboxylic acids is 2. The van der Waals surface area contributed by atoms with Gasteiger partial charge in [0.15, 0.2) is 5.79 Å². The molecule has 2 aliphatic rings. The van der Waals surface area contributed by atoms with Crippen LogP contribution in [0.5, 0.6) is 11.5 Å². The summed E-state index contributed by atoms with van der Waals surface area (Å²) in [5.74, 6) is -3.21. The summed E-state index contributed by atoms with van der Waals surface area (Å²) in [6.45, 7) is 5.01. The molecule has 62 heavy (non-hydrogen) atoms. The van der Waals surface area contributed by atoms with Gasteiger partial charge in [-0.05, 0) is 97.0 Å². The molecule has 1 amide bonds. The highest BCUT2D eigenvalue weighted by molar-refractivity contribution is 7.88. The Morgan fingerprint density at radius 3 is 2.13 bits per heavy atom. The summed E-state index contributed by atoms with van der Waals surface area (Å²) >= 11 is 0. The molecular weight excluding hydrogens is 835 g/mol. The maximum atomic E-state index is 14.2. The van der Waals surface area contributed by atoms with Crippen molar-refractivity contribution in [1.82, 2.24) is 0 Å². The number of β-lactam (4-membered cyclic amide) rings is 1. The van der Waals surface area contributed by atoms with Crippen molar-refractivity contribution in [3.8, 4) is 22.6 Å². The molecule has 0 spiro atoms. The third-order valence-corrected chi connectivity index (χ3v) is 11.7. The fraction of sp³-hybridized carbons (Fsp3) is 0.304. The number of esters is 1. The van der Waals surface area contributed by atoms with Crippen molar-refractivity contribution in [2.24, 2.45) is 5.92 Å². The molecular formula is C46H43F4NO10S. The average Bonchev–Trinajstić information content (AvgIpc) is 3.23. The number of hydrogen-bond donors (Lipinski definition) is 1. The zero-order chi connectivity index (χ0) is 44.5. The average molecular weight is 878 g/mol. The molecule has 2 saturated heterocycles. The van der Waals surface area contributed by atoms with E-state index in [0.29, 0.717) is 22.4 Å². The second kappa shape index (κ2) is 17.5. The highest BCUT2D eigenvalue weighted by Crippen LogP contribution is 2.50.